The second-order valence-electron chi connectivity index (χ2n) is 4.74. The van der Waals surface area contributed by atoms with Gasteiger partial charge in [-0.05, 0) is 24.3 Å². The highest BCUT2D eigenvalue weighted by Crippen LogP contribution is 2.17. The minimum atomic E-state index is -0.727. The number of nitro benzene ring substituents is 1. The van der Waals surface area contributed by atoms with Crippen LogP contribution >= 0.6 is 0 Å². The van der Waals surface area contributed by atoms with Gasteiger partial charge in [-0.15, -0.1) is 0 Å². The lowest BCUT2D eigenvalue weighted by Crippen LogP contribution is -2.23. The Morgan fingerprint density at radius 3 is 1.74 bits per heavy atom. The quantitative estimate of drug-likeness (QED) is 0.368. The first kappa shape index (κ1) is 14.4. The number of ketones is 1. The van der Waals surface area contributed by atoms with Gasteiger partial charge in [0.15, 0.2) is 0 Å². The Kier molecular flexibility index (Phi) is 3.34. The van der Waals surface area contributed by atoms with Gasteiger partial charge in [0.05, 0.1) is 25.7 Å². The minimum Gasteiger partial charge on any atom is -0.561 e. The lowest BCUT2D eigenvalue weighted by atomic mass is 9.99. The summed E-state index contributed by atoms with van der Waals surface area (Å²) in [6, 6.07) is 12.9. The van der Waals surface area contributed by atoms with E-state index in [1.165, 1.54) is 24.3 Å². The lowest BCUT2D eigenvalue weighted by molar-refractivity contribution is -1.05. The number of nitro groups is 1. The van der Waals surface area contributed by atoms with Crippen molar-refractivity contribution in [2.24, 2.45) is 0 Å². The van der Waals surface area contributed by atoms with Gasteiger partial charge in [-0.25, -0.2) is 0 Å². The molecule has 8 heteroatoms. The van der Waals surface area contributed by atoms with Crippen molar-refractivity contribution in [3.63, 3.8) is 0 Å². The highest BCUT2D eigenvalue weighted by Gasteiger charge is 2.45. The molecule has 2 aromatic carbocycles. The number of benzene rings is 2. The van der Waals surface area contributed by atoms with E-state index in [1.807, 2.05) is 0 Å². The Labute approximate surface area is 129 Å². The van der Waals surface area contributed by atoms with Crippen LogP contribution in [-0.2, 0) is 4.79 Å². The molecule has 1 aliphatic rings. The summed E-state index contributed by atoms with van der Waals surface area (Å²) in [5.41, 5.74) is -0.362. The molecule has 114 valence electrons. The van der Waals surface area contributed by atoms with E-state index >= 15 is 0 Å². The number of hydrogen-bond donors (Lipinski definition) is 0. The Morgan fingerprint density at radius 1 is 0.783 bits per heavy atom. The molecule has 0 fully saturated rings. The van der Waals surface area contributed by atoms with Crippen molar-refractivity contribution in [1.29, 1.82) is 0 Å². The van der Waals surface area contributed by atoms with Crippen molar-refractivity contribution < 1.29 is 19.4 Å². The summed E-state index contributed by atoms with van der Waals surface area (Å²) in [6.45, 7) is 0. The summed E-state index contributed by atoms with van der Waals surface area (Å²) in [5.74, 6) is -0.727. The van der Waals surface area contributed by atoms with Gasteiger partial charge >= 0.3 is 17.2 Å². The molecule has 0 spiro atoms. The van der Waals surface area contributed by atoms with Crippen LogP contribution < -0.4 is 0 Å². The van der Waals surface area contributed by atoms with E-state index in [0.717, 1.165) is 0 Å². The Hall–Kier alpha value is -3.55. The molecule has 2 aromatic rings. The van der Waals surface area contributed by atoms with Crippen molar-refractivity contribution in [2.75, 3.05) is 0 Å². The van der Waals surface area contributed by atoms with E-state index < -0.39 is 10.7 Å². The number of carbonyl (C=O) groups is 1. The van der Waals surface area contributed by atoms with Crippen LogP contribution in [0, 0.1) is 20.5 Å². The largest absolute Gasteiger partial charge is 0.561 e. The van der Waals surface area contributed by atoms with E-state index in [2.05, 4.69) is 0 Å². The first-order valence-corrected chi connectivity index (χ1v) is 6.54. The Bertz CT molecular complexity index is 870. The zero-order chi connectivity index (χ0) is 16.6. The fourth-order valence-corrected chi connectivity index (χ4v) is 2.29. The molecule has 3 rings (SSSR count). The molecule has 0 saturated heterocycles. The van der Waals surface area contributed by atoms with Gasteiger partial charge in [0.2, 0.25) is 0 Å². The zero-order valence-electron chi connectivity index (χ0n) is 11.6. The van der Waals surface area contributed by atoms with Crippen molar-refractivity contribution in [3.8, 4) is 0 Å². The number of hydrazone groups is 2. The van der Waals surface area contributed by atoms with E-state index in [9.17, 15) is 25.3 Å². The molecule has 0 unspecified atom stereocenters. The van der Waals surface area contributed by atoms with Gasteiger partial charge in [-0.2, -0.15) is 0 Å². The van der Waals surface area contributed by atoms with Crippen LogP contribution in [0.2, 0.25) is 0 Å². The number of hydrazine groups is 1. The van der Waals surface area contributed by atoms with Gasteiger partial charge < -0.3 is 10.4 Å². The van der Waals surface area contributed by atoms with Crippen molar-refractivity contribution in [2.45, 2.75) is 0 Å². The monoisotopic (exact) mass is 311 g/mol. The standard InChI is InChI=1S/C15H9N3O5/c19-15-13(10-4-2-1-3-5-10)16(20)17(21)14(15)11-6-8-12(9-7-11)18(22)23/h1-9H. The van der Waals surface area contributed by atoms with Crippen LogP contribution in [0.3, 0.4) is 0 Å². The molecule has 0 aromatic heterocycles. The molecule has 0 N–H and O–H groups in total. The van der Waals surface area contributed by atoms with Gasteiger partial charge in [0, 0.05) is 12.1 Å². The molecule has 0 amide bonds. The summed E-state index contributed by atoms with van der Waals surface area (Å²) in [5, 5.41) is 34.7. The molecule has 23 heavy (non-hydrogen) atoms. The molecule has 1 aliphatic heterocycles. The fourth-order valence-electron chi connectivity index (χ4n) is 2.29. The third-order valence-corrected chi connectivity index (χ3v) is 3.38. The number of rotatable bonds is 3. The topological polar surface area (TPSA) is 112 Å². The Balaban J connectivity index is 2.03. The van der Waals surface area contributed by atoms with Gasteiger partial charge in [0.25, 0.3) is 5.69 Å². The minimum absolute atomic E-state index is 0.0194. The van der Waals surface area contributed by atoms with Crippen LogP contribution in [0.1, 0.15) is 11.1 Å². The average molecular weight is 311 g/mol. The SMILES string of the molecule is O=C1C(c2ccccc2)=[N+]([O-])[N+]([O-])=C1c1ccc([N+](=O)[O-])cc1. The van der Waals surface area contributed by atoms with Gasteiger partial charge in [0.1, 0.15) is 0 Å². The first-order chi connectivity index (χ1) is 11.0. The third-order valence-electron chi connectivity index (χ3n) is 3.38. The van der Waals surface area contributed by atoms with Crippen LogP contribution in [0.25, 0.3) is 0 Å². The van der Waals surface area contributed by atoms with Crippen LogP contribution in [0.15, 0.2) is 54.6 Å². The summed E-state index contributed by atoms with van der Waals surface area (Å²) in [6.07, 6.45) is 0. The predicted molar refractivity (Wildman–Crippen MR) is 80.0 cm³/mol. The Morgan fingerprint density at radius 2 is 1.26 bits per heavy atom. The van der Waals surface area contributed by atoms with Crippen molar-refractivity contribution in [3.05, 3.63) is 86.3 Å². The molecule has 0 radical (unpaired) electrons. The first-order valence-electron chi connectivity index (χ1n) is 6.54. The van der Waals surface area contributed by atoms with E-state index in [-0.39, 0.29) is 32.4 Å². The second kappa shape index (κ2) is 5.34. The zero-order valence-corrected chi connectivity index (χ0v) is 11.6. The highest BCUT2D eigenvalue weighted by molar-refractivity contribution is 6.70. The normalized spacial score (nSPS) is 14.5. The molecule has 0 bridgehead atoms. The van der Waals surface area contributed by atoms with E-state index in [1.54, 1.807) is 30.3 Å². The average Bonchev–Trinajstić information content (AvgIpc) is 2.78. The number of carbonyl (C=O) groups excluding carboxylic acids is 1. The third kappa shape index (κ3) is 2.31. The molecule has 0 atom stereocenters. The smallest absolute Gasteiger partial charge is 0.349 e. The number of non-ortho nitro benzene ring substituents is 1. The van der Waals surface area contributed by atoms with Crippen LogP contribution in [0.4, 0.5) is 5.69 Å². The molecule has 0 aliphatic carbocycles. The van der Waals surface area contributed by atoms with E-state index in [0.29, 0.717) is 5.56 Å². The molecular formula is C15H9N3O5. The maximum atomic E-state index is 12.5. The summed E-state index contributed by atoms with van der Waals surface area (Å²) in [7, 11) is 0. The maximum Gasteiger partial charge on any atom is 0.349 e. The van der Waals surface area contributed by atoms with E-state index in [4.69, 9.17) is 0 Å². The second-order valence-corrected chi connectivity index (χ2v) is 4.74. The molecule has 8 nitrogen and oxygen atoms in total. The summed E-state index contributed by atoms with van der Waals surface area (Å²) < 4.78 is 0. The summed E-state index contributed by atoms with van der Waals surface area (Å²) in [4.78, 5) is 22.4. The molecular weight excluding hydrogens is 302 g/mol. The fraction of sp³-hybridized carbons (Fsp3) is 0. The number of Topliss-reactive ketones (excluding diaryl/α,β-unsaturated/α-hetero) is 1. The molecule has 0 saturated carbocycles. The van der Waals surface area contributed by atoms with Gasteiger partial charge in [-0.1, -0.05) is 18.2 Å². The molecule has 1 heterocycles. The van der Waals surface area contributed by atoms with Gasteiger partial charge in [-0.3, -0.25) is 14.9 Å². The lowest BCUT2D eigenvalue weighted by Gasteiger charge is -1.98. The number of hydrogen-bond acceptors (Lipinski definition) is 5. The predicted octanol–water partition coefficient (Wildman–Crippen LogP) is 1.39. The maximum absolute atomic E-state index is 12.5. The van der Waals surface area contributed by atoms with Crippen molar-refractivity contribution >= 4 is 22.9 Å². The van der Waals surface area contributed by atoms with Crippen LogP contribution in [-0.4, -0.2) is 31.8 Å². The summed E-state index contributed by atoms with van der Waals surface area (Å²) >= 11 is 0. The highest BCUT2D eigenvalue weighted by atomic mass is 16.7. The van der Waals surface area contributed by atoms with Crippen molar-refractivity contribution in [1.82, 2.24) is 0 Å². The van der Waals surface area contributed by atoms with Crippen LogP contribution in [0.5, 0.6) is 0 Å². The number of nitrogens with zero attached hydrogens (tertiary/aromatic N) is 3.